The van der Waals surface area contributed by atoms with Crippen LogP contribution >= 0.6 is 0 Å². The number of aromatic hydroxyl groups is 1. The molecule has 0 aliphatic carbocycles. The Kier molecular flexibility index (Phi) is 7.25. The highest BCUT2D eigenvalue weighted by atomic mass is 16.3. The lowest BCUT2D eigenvalue weighted by atomic mass is 9.96. The molecule has 1 unspecified atom stereocenters. The second-order valence-electron chi connectivity index (χ2n) is 10.6. The van der Waals surface area contributed by atoms with E-state index in [0.29, 0.717) is 32.6 Å². The van der Waals surface area contributed by atoms with Crippen LogP contribution in [0.2, 0.25) is 0 Å². The fourth-order valence-corrected chi connectivity index (χ4v) is 6.01. The number of benzene rings is 2. The number of carbonyl (C=O) groups is 2. The zero-order chi connectivity index (χ0) is 28.5. The van der Waals surface area contributed by atoms with Crippen LogP contribution in [0.5, 0.6) is 5.75 Å². The third-order valence-electron chi connectivity index (χ3n) is 8.07. The van der Waals surface area contributed by atoms with Crippen molar-refractivity contribution in [3.05, 3.63) is 103 Å². The predicted molar refractivity (Wildman–Crippen MR) is 154 cm³/mol. The summed E-state index contributed by atoms with van der Waals surface area (Å²) in [5, 5.41) is 22.3. The minimum atomic E-state index is -0.708. The smallest absolute Gasteiger partial charge is 0.246 e. The fourth-order valence-electron chi connectivity index (χ4n) is 6.01. The molecule has 0 bridgehead atoms. The number of fused-ring (bicyclic) bond motifs is 2. The summed E-state index contributed by atoms with van der Waals surface area (Å²) >= 11 is 0. The van der Waals surface area contributed by atoms with Crippen molar-refractivity contribution < 1.29 is 14.7 Å². The van der Waals surface area contributed by atoms with Crippen molar-refractivity contribution in [1.82, 2.24) is 35.0 Å². The molecular formula is C31H33N7O3. The van der Waals surface area contributed by atoms with Crippen LogP contribution < -0.4 is 0 Å². The number of phenolic OH excluding ortho intramolecular Hbond substituents is 1. The van der Waals surface area contributed by atoms with Gasteiger partial charge in [0.2, 0.25) is 11.8 Å². The first kappa shape index (κ1) is 26.7. The topological polar surface area (TPSA) is 109 Å². The van der Waals surface area contributed by atoms with Crippen LogP contribution in [0.4, 0.5) is 0 Å². The first-order valence-corrected chi connectivity index (χ1v) is 13.8. The molecule has 3 atom stereocenters. The summed E-state index contributed by atoms with van der Waals surface area (Å²) < 4.78 is 0. The van der Waals surface area contributed by atoms with Crippen molar-refractivity contribution >= 4 is 22.7 Å². The molecule has 0 saturated carbocycles. The van der Waals surface area contributed by atoms with Gasteiger partial charge < -0.3 is 14.9 Å². The molecular weight excluding hydrogens is 518 g/mol. The van der Waals surface area contributed by atoms with E-state index in [9.17, 15) is 14.7 Å². The molecule has 2 saturated heterocycles. The number of hydrogen-bond donors (Lipinski definition) is 2. The van der Waals surface area contributed by atoms with Gasteiger partial charge in [0.05, 0.1) is 18.3 Å². The molecule has 10 heteroatoms. The molecule has 6 rings (SSSR count). The highest BCUT2D eigenvalue weighted by molar-refractivity contribution is 5.92. The first-order chi connectivity index (χ1) is 19.9. The normalized spacial score (nSPS) is 21.8. The molecule has 2 aromatic heterocycles. The van der Waals surface area contributed by atoms with Crippen LogP contribution in [0.1, 0.15) is 23.6 Å². The summed E-state index contributed by atoms with van der Waals surface area (Å²) in [4.78, 5) is 36.1. The Labute approximate surface area is 238 Å². The van der Waals surface area contributed by atoms with Gasteiger partial charge in [-0.15, -0.1) is 6.58 Å². The van der Waals surface area contributed by atoms with Gasteiger partial charge in [0.1, 0.15) is 24.0 Å². The molecule has 4 aromatic rings. The first-order valence-electron chi connectivity index (χ1n) is 13.8. The highest BCUT2D eigenvalue weighted by Crippen LogP contribution is 2.33. The summed E-state index contributed by atoms with van der Waals surface area (Å²) in [6.07, 6.45) is 7.04. The number of pyridine rings is 1. The second kappa shape index (κ2) is 11.1. The average Bonchev–Trinajstić information content (AvgIpc) is 3.47. The maximum atomic E-state index is 14.3. The number of nitrogens with one attached hydrogen (secondary N) is 1. The van der Waals surface area contributed by atoms with E-state index in [0.717, 1.165) is 27.6 Å². The summed E-state index contributed by atoms with van der Waals surface area (Å²) in [5.41, 5.74) is 3.78. The number of aromatic amines is 1. The van der Waals surface area contributed by atoms with Crippen molar-refractivity contribution in [3.8, 4) is 5.75 Å². The molecule has 2 aromatic carbocycles. The van der Waals surface area contributed by atoms with Gasteiger partial charge in [-0.1, -0.05) is 36.4 Å². The number of phenols is 1. The zero-order valence-corrected chi connectivity index (χ0v) is 22.9. The third-order valence-corrected chi connectivity index (χ3v) is 8.07. The van der Waals surface area contributed by atoms with Gasteiger partial charge in [-0.25, -0.2) is 10.0 Å². The maximum Gasteiger partial charge on any atom is 0.246 e. The molecule has 4 heterocycles. The van der Waals surface area contributed by atoms with Gasteiger partial charge in [0.25, 0.3) is 0 Å². The minimum absolute atomic E-state index is 0.0877. The lowest BCUT2D eigenvalue weighted by molar-refractivity contribution is -0.216. The van der Waals surface area contributed by atoms with Crippen molar-refractivity contribution in [1.29, 1.82) is 0 Å². The number of rotatable bonds is 8. The predicted octanol–water partition coefficient (Wildman–Crippen LogP) is 3.08. The number of H-pyrrole nitrogens is 1. The standard InChI is InChI=1S/C31H33N7O3/c1-3-15-36-21(2)30(40)38-27(16-22-7-9-26(39)10-8-22)31(41)35(19-25-6-4-5-24-17-33-34-29(24)25)20-28(38)37(36)18-23-11-13-32-14-12-23/h3-14,17,21,27-28,39H,1,15-16,18-20H2,2H3,(H,33,34)/t21?,27-,28+/m0/s1. The maximum absolute atomic E-state index is 14.3. The molecule has 41 heavy (non-hydrogen) atoms. The van der Waals surface area contributed by atoms with Gasteiger partial charge in [-0.2, -0.15) is 5.10 Å². The van der Waals surface area contributed by atoms with Gasteiger partial charge in [-0.3, -0.25) is 19.7 Å². The van der Waals surface area contributed by atoms with Crippen LogP contribution in [0.3, 0.4) is 0 Å². The highest BCUT2D eigenvalue weighted by Gasteiger charge is 2.52. The lowest BCUT2D eigenvalue weighted by Crippen LogP contribution is -2.76. The number of nitrogens with zero attached hydrogens (tertiary/aromatic N) is 6. The van der Waals surface area contributed by atoms with Crippen molar-refractivity contribution in [2.45, 2.75) is 44.7 Å². The van der Waals surface area contributed by atoms with E-state index >= 15 is 0 Å². The minimum Gasteiger partial charge on any atom is -0.508 e. The van der Waals surface area contributed by atoms with Crippen molar-refractivity contribution in [3.63, 3.8) is 0 Å². The molecule has 210 valence electrons. The largest absolute Gasteiger partial charge is 0.508 e. The van der Waals surface area contributed by atoms with E-state index in [2.05, 4.69) is 31.8 Å². The number of amides is 2. The lowest BCUT2D eigenvalue weighted by Gasteiger charge is -2.57. The SMILES string of the molecule is C=CCN1C(C)C(=O)N2[C@@H](Cc3ccc(O)cc3)C(=O)N(Cc3cccc4cn[nH]c34)C[C@@H]2N1Cc1ccncc1. The van der Waals surface area contributed by atoms with Crippen LogP contribution in [0.15, 0.2) is 85.8 Å². The number of aromatic nitrogens is 3. The van der Waals surface area contributed by atoms with Crippen LogP contribution in [0.25, 0.3) is 10.9 Å². The summed E-state index contributed by atoms with van der Waals surface area (Å²) in [6.45, 7) is 7.58. The van der Waals surface area contributed by atoms with Crippen molar-refractivity contribution in [2.75, 3.05) is 13.1 Å². The fraction of sp³-hybridized carbons (Fsp3) is 0.290. The Bertz CT molecular complexity index is 1560. The number of hydrazine groups is 1. The van der Waals surface area contributed by atoms with Gasteiger partial charge in [0, 0.05) is 43.8 Å². The summed E-state index contributed by atoms with van der Waals surface area (Å²) in [7, 11) is 0. The zero-order valence-electron chi connectivity index (χ0n) is 22.9. The number of para-hydroxylation sites is 1. The molecule has 0 spiro atoms. The van der Waals surface area contributed by atoms with E-state index in [4.69, 9.17) is 0 Å². The Hall–Kier alpha value is -4.54. The number of piperazine rings is 1. The molecule has 2 fully saturated rings. The van der Waals surface area contributed by atoms with Crippen LogP contribution in [0, 0.1) is 0 Å². The summed E-state index contributed by atoms with van der Waals surface area (Å²) in [5.74, 6) is -0.0372. The Morgan fingerprint density at radius 1 is 1.00 bits per heavy atom. The van der Waals surface area contributed by atoms with Crippen LogP contribution in [-0.2, 0) is 29.1 Å². The molecule has 2 amide bonds. The monoisotopic (exact) mass is 551 g/mol. The number of carbonyl (C=O) groups excluding carboxylic acids is 2. The third kappa shape index (κ3) is 5.07. The van der Waals surface area contributed by atoms with Crippen LogP contribution in [-0.4, -0.2) is 83.3 Å². The molecule has 10 nitrogen and oxygen atoms in total. The average molecular weight is 552 g/mol. The van der Waals surface area contributed by atoms with E-state index in [1.807, 2.05) is 42.2 Å². The molecule has 2 aliphatic heterocycles. The molecule has 0 radical (unpaired) electrons. The summed E-state index contributed by atoms with van der Waals surface area (Å²) in [6, 6.07) is 15.5. The molecule has 2 N–H and O–H groups in total. The van der Waals surface area contributed by atoms with Gasteiger partial charge in [0.15, 0.2) is 0 Å². The second-order valence-corrected chi connectivity index (χ2v) is 10.6. The Balaban J connectivity index is 1.42. The van der Waals surface area contributed by atoms with E-state index in [1.165, 1.54) is 0 Å². The van der Waals surface area contributed by atoms with Crippen molar-refractivity contribution in [2.24, 2.45) is 0 Å². The molecule has 2 aliphatic rings. The Morgan fingerprint density at radius 2 is 1.78 bits per heavy atom. The van der Waals surface area contributed by atoms with Gasteiger partial charge in [-0.05, 0) is 47.9 Å². The van der Waals surface area contributed by atoms with E-state index < -0.39 is 18.2 Å². The Morgan fingerprint density at radius 3 is 2.54 bits per heavy atom. The van der Waals surface area contributed by atoms with E-state index in [1.54, 1.807) is 53.8 Å². The quantitative estimate of drug-likeness (QED) is 0.324. The number of hydrogen-bond acceptors (Lipinski definition) is 7. The van der Waals surface area contributed by atoms with Gasteiger partial charge >= 0.3 is 0 Å². The van der Waals surface area contributed by atoms with E-state index in [-0.39, 0.29) is 17.6 Å².